The van der Waals surface area contributed by atoms with Gasteiger partial charge in [-0.2, -0.15) is 0 Å². The Balaban J connectivity index is -0.000000143. The van der Waals surface area contributed by atoms with Crippen molar-refractivity contribution in [3.63, 3.8) is 0 Å². The Morgan fingerprint density at radius 1 is 0.769 bits per heavy atom. The fourth-order valence-corrected chi connectivity index (χ4v) is 0. The van der Waals surface area contributed by atoms with Crippen LogP contribution >= 0.6 is 0 Å². The van der Waals surface area contributed by atoms with E-state index in [1.54, 1.807) is 0 Å². The number of carboxylic acids is 4. The van der Waals surface area contributed by atoms with Crippen LogP contribution < -0.4 is 10.2 Å². The van der Waals surface area contributed by atoms with Gasteiger partial charge in [-0.1, -0.05) is 0 Å². The first-order valence-corrected chi connectivity index (χ1v) is 2.17. The average molecular weight is 242 g/mol. The van der Waals surface area contributed by atoms with Gasteiger partial charge < -0.3 is 30.0 Å². The van der Waals surface area contributed by atoms with Crippen molar-refractivity contribution in [1.82, 2.24) is 0 Å². The predicted octanol–water partition coefficient (Wildman–Crippen LogP) is -4.36. The summed E-state index contributed by atoms with van der Waals surface area (Å²) in [4.78, 5) is 36.1. The SMILES string of the molecule is O=C(O)C(=O)O.O=C([O-])C(=O)[O-].[Cu+2]. The van der Waals surface area contributed by atoms with E-state index < -0.39 is 23.9 Å². The number of aliphatic carboxylic acids is 4. The molecule has 0 aliphatic rings. The maximum absolute atomic E-state index is 9.10. The van der Waals surface area contributed by atoms with Gasteiger partial charge in [-0.25, -0.2) is 9.59 Å². The molecule has 0 spiro atoms. The summed E-state index contributed by atoms with van der Waals surface area (Å²) in [6.07, 6.45) is 0. The van der Waals surface area contributed by atoms with Gasteiger partial charge in [-0.15, -0.1) is 0 Å². The van der Waals surface area contributed by atoms with Crippen molar-refractivity contribution in [2.75, 3.05) is 0 Å². The first-order valence-electron chi connectivity index (χ1n) is 2.17. The van der Waals surface area contributed by atoms with Crippen LogP contribution in [0.4, 0.5) is 0 Å². The van der Waals surface area contributed by atoms with Crippen LogP contribution in [0, 0.1) is 0 Å². The second kappa shape index (κ2) is 8.50. The molecule has 1 radical (unpaired) electrons. The zero-order valence-corrected chi connectivity index (χ0v) is 6.59. The molecule has 0 fully saturated rings. The van der Waals surface area contributed by atoms with Crippen LogP contribution in [-0.2, 0) is 36.2 Å². The molecular weight excluding hydrogens is 240 g/mol. The standard InChI is InChI=1S/2C2H2O4.Cu/c2*3-1(4)2(5)6;/h2*(H,3,4)(H,5,6);/q;;+2/p-2. The molecule has 0 aliphatic heterocycles. The largest absolute Gasteiger partial charge is 2.00 e. The van der Waals surface area contributed by atoms with Crippen LogP contribution in [0.1, 0.15) is 0 Å². The van der Waals surface area contributed by atoms with Gasteiger partial charge in [0.05, 0.1) is 11.9 Å². The van der Waals surface area contributed by atoms with Gasteiger partial charge in [0.25, 0.3) is 0 Å². The zero-order chi connectivity index (χ0) is 10.3. The molecule has 0 aromatic rings. The van der Waals surface area contributed by atoms with Crippen molar-refractivity contribution in [3.8, 4) is 0 Å². The van der Waals surface area contributed by atoms with Gasteiger partial charge in [-0.05, 0) is 0 Å². The molecule has 0 aliphatic carbocycles. The molecule has 0 aromatic heterocycles. The summed E-state index contributed by atoms with van der Waals surface area (Å²) < 4.78 is 0. The first kappa shape index (κ1) is 17.5. The van der Waals surface area contributed by atoms with Crippen LogP contribution in [0.15, 0.2) is 0 Å². The van der Waals surface area contributed by atoms with Crippen molar-refractivity contribution in [1.29, 1.82) is 0 Å². The second-order valence-electron chi connectivity index (χ2n) is 1.19. The van der Waals surface area contributed by atoms with Gasteiger partial charge in [0.15, 0.2) is 0 Å². The smallest absolute Gasteiger partial charge is 0.543 e. The second-order valence-corrected chi connectivity index (χ2v) is 1.19. The summed E-state index contributed by atoms with van der Waals surface area (Å²) in [5, 5.41) is 32.6. The summed E-state index contributed by atoms with van der Waals surface area (Å²) in [5.41, 5.74) is 0. The van der Waals surface area contributed by atoms with Crippen LogP contribution in [0.25, 0.3) is 0 Å². The summed E-state index contributed by atoms with van der Waals surface area (Å²) >= 11 is 0. The summed E-state index contributed by atoms with van der Waals surface area (Å²) in [5.74, 6) is -8.02. The molecule has 0 saturated heterocycles. The molecule has 9 heteroatoms. The minimum Gasteiger partial charge on any atom is -0.543 e. The van der Waals surface area contributed by atoms with E-state index in [2.05, 4.69) is 0 Å². The van der Waals surface area contributed by atoms with Crippen molar-refractivity contribution in [3.05, 3.63) is 0 Å². The van der Waals surface area contributed by atoms with Crippen molar-refractivity contribution in [2.45, 2.75) is 0 Å². The topological polar surface area (TPSA) is 155 Å². The zero-order valence-electron chi connectivity index (χ0n) is 5.65. The van der Waals surface area contributed by atoms with Crippen molar-refractivity contribution >= 4 is 23.9 Å². The van der Waals surface area contributed by atoms with Crippen LogP contribution in [-0.4, -0.2) is 34.1 Å². The molecule has 0 bridgehead atoms. The maximum atomic E-state index is 9.10. The number of rotatable bonds is 0. The van der Waals surface area contributed by atoms with Crippen molar-refractivity contribution < 1.29 is 56.7 Å². The Labute approximate surface area is 81.3 Å². The molecular formula is C4H2CuO8. The Kier molecular flexibility index (Phi) is 11.4. The molecule has 0 heterocycles. The van der Waals surface area contributed by atoms with E-state index in [0.717, 1.165) is 0 Å². The van der Waals surface area contributed by atoms with Gasteiger partial charge >= 0.3 is 29.0 Å². The molecule has 0 unspecified atom stereocenters. The molecule has 0 saturated carbocycles. The minimum atomic E-state index is -2.19. The number of carbonyl (C=O) groups is 4. The maximum Gasteiger partial charge on any atom is 2.00 e. The third-order valence-electron chi connectivity index (χ3n) is 0.350. The minimum absolute atomic E-state index is 0. The number of hydrogen-bond acceptors (Lipinski definition) is 6. The first-order chi connectivity index (χ1) is 5.29. The molecule has 0 aromatic carbocycles. The predicted molar refractivity (Wildman–Crippen MR) is 25.3 cm³/mol. The van der Waals surface area contributed by atoms with Gasteiger partial charge in [0.1, 0.15) is 0 Å². The number of hydrogen-bond donors (Lipinski definition) is 2. The molecule has 0 atom stereocenters. The molecule has 0 rings (SSSR count). The monoisotopic (exact) mass is 241 g/mol. The van der Waals surface area contributed by atoms with Gasteiger partial charge in [0, 0.05) is 0 Å². The van der Waals surface area contributed by atoms with E-state index in [-0.39, 0.29) is 17.1 Å². The summed E-state index contributed by atoms with van der Waals surface area (Å²) in [7, 11) is 0. The van der Waals surface area contributed by atoms with Gasteiger partial charge in [-0.3, -0.25) is 0 Å². The Bertz CT molecular complexity index is 172. The van der Waals surface area contributed by atoms with E-state index in [0.29, 0.717) is 0 Å². The molecule has 77 valence electrons. The fraction of sp³-hybridized carbons (Fsp3) is 0. The Morgan fingerprint density at radius 2 is 0.923 bits per heavy atom. The third-order valence-corrected chi connectivity index (χ3v) is 0.350. The average Bonchev–Trinajstić information content (AvgIpc) is 1.88. The molecule has 2 N–H and O–H groups in total. The van der Waals surface area contributed by atoms with Crippen molar-refractivity contribution in [2.24, 2.45) is 0 Å². The molecule has 8 nitrogen and oxygen atoms in total. The number of carboxylic acid groups (broad SMARTS) is 4. The fourth-order valence-electron chi connectivity index (χ4n) is 0. The van der Waals surface area contributed by atoms with Gasteiger partial charge in [0.2, 0.25) is 0 Å². The molecule has 0 amide bonds. The van der Waals surface area contributed by atoms with Crippen LogP contribution in [0.2, 0.25) is 0 Å². The third kappa shape index (κ3) is 17.9. The Hall–Kier alpha value is -1.60. The van der Waals surface area contributed by atoms with E-state index in [4.69, 9.17) is 39.6 Å². The summed E-state index contributed by atoms with van der Waals surface area (Å²) in [6, 6.07) is 0. The number of carbonyl (C=O) groups excluding carboxylic acids is 2. The normalized spacial score (nSPS) is 6.77. The quantitative estimate of drug-likeness (QED) is 0.318. The Morgan fingerprint density at radius 3 is 0.923 bits per heavy atom. The van der Waals surface area contributed by atoms with Crippen LogP contribution in [0.5, 0.6) is 0 Å². The van der Waals surface area contributed by atoms with E-state index in [1.165, 1.54) is 0 Å². The summed E-state index contributed by atoms with van der Waals surface area (Å²) in [6.45, 7) is 0. The van der Waals surface area contributed by atoms with E-state index in [9.17, 15) is 0 Å². The van der Waals surface area contributed by atoms with Crippen LogP contribution in [0.3, 0.4) is 0 Å². The molecule has 13 heavy (non-hydrogen) atoms. The van der Waals surface area contributed by atoms with E-state index >= 15 is 0 Å². The van der Waals surface area contributed by atoms with E-state index in [1.807, 2.05) is 0 Å².